The quantitative estimate of drug-likeness (QED) is 0.673. The Morgan fingerprint density at radius 1 is 1.14 bits per heavy atom. The van der Waals surface area contributed by atoms with Crippen LogP contribution in [0.15, 0.2) is 0 Å². The highest BCUT2D eigenvalue weighted by molar-refractivity contribution is 14.3. The Morgan fingerprint density at radius 2 is 1.43 bits per heavy atom. The molecule has 0 bridgehead atoms. The molecule has 0 aliphatic carbocycles. The molecular weight excluding hydrogens is 334 g/mol. The van der Waals surface area contributed by atoms with Gasteiger partial charge in [-0.1, -0.05) is 13.8 Å². The van der Waals surface area contributed by atoms with Crippen LogP contribution in [0.2, 0.25) is 0 Å². The van der Waals surface area contributed by atoms with Crippen molar-refractivity contribution >= 4 is 46.8 Å². The minimum atomic E-state index is -0.217. The van der Waals surface area contributed by atoms with Crippen LogP contribution < -0.4 is 0 Å². The van der Waals surface area contributed by atoms with Crippen LogP contribution in [-0.2, 0) is 0 Å². The van der Waals surface area contributed by atoms with E-state index >= 15 is 0 Å². The maximum atomic E-state index is 2.57. The molecule has 0 amide bonds. The van der Waals surface area contributed by atoms with Gasteiger partial charge in [-0.25, -0.2) is 0 Å². The van der Waals surface area contributed by atoms with Gasteiger partial charge in [-0.2, -0.15) is 0 Å². The van der Waals surface area contributed by atoms with Crippen molar-refractivity contribution in [2.24, 2.45) is 0 Å². The van der Waals surface area contributed by atoms with E-state index in [0.29, 0.717) is 0 Å². The molecule has 46 valence electrons. The molecular formula is C4H10I2S. The van der Waals surface area contributed by atoms with E-state index in [1.54, 1.807) is 0 Å². The van der Waals surface area contributed by atoms with Crippen molar-refractivity contribution in [1.82, 2.24) is 0 Å². The van der Waals surface area contributed by atoms with Crippen LogP contribution in [0.5, 0.6) is 0 Å². The van der Waals surface area contributed by atoms with Gasteiger partial charge in [0.1, 0.15) is 0 Å². The van der Waals surface area contributed by atoms with Gasteiger partial charge in [0.25, 0.3) is 0 Å². The second-order valence-corrected chi connectivity index (χ2v) is 19.0. The smallest absolute Gasteiger partial charge is 0.00864 e. The minimum absolute atomic E-state index is 0.217. The molecule has 0 spiro atoms. The predicted octanol–water partition coefficient (Wildman–Crippen LogP) is 3.53. The molecule has 0 saturated heterocycles. The molecule has 0 aliphatic heterocycles. The Morgan fingerprint density at radius 3 is 1.43 bits per heavy atom. The molecule has 0 radical (unpaired) electrons. The van der Waals surface area contributed by atoms with Crippen molar-refractivity contribution in [3.8, 4) is 0 Å². The first-order chi connectivity index (χ1) is 3.12. The predicted molar refractivity (Wildman–Crippen MR) is 56.7 cm³/mol. The first-order valence-corrected chi connectivity index (χ1v) is 9.36. The monoisotopic (exact) mass is 344 g/mol. The highest BCUT2D eigenvalue weighted by Gasteiger charge is 2.07. The minimum Gasteiger partial charge on any atom is -0.134 e. The molecule has 0 aromatic rings. The van der Waals surface area contributed by atoms with E-state index in [4.69, 9.17) is 0 Å². The third-order valence-corrected chi connectivity index (χ3v) is 10.0. The first kappa shape index (κ1) is 8.81. The van der Waals surface area contributed by atoms with E-state index in [1.165, 1.54) is 11.5 Å². The molecule has 0 heterocycles. The van der Waals surface area contributed by atoms with Crippen LogP contribution in [0.25, 0.3) is 0 Å². The zero-order chi connectivity index (χ0) is 5.91. The fourth-order valence-electron chi connectivity index (χ4n) is 0.204. The van der Waals surface area contributed by atoms with Crippen molar-refractivity contribution in [3.05, 3.63) is 0 Å². The molecule has 0 fully saturated rings. The topological polar surface area (TPSA) is 0 Å². The van der Waals surface area contributed by atoms with Crippen molar-refractivity contribution in [1.29, 1.82) is 0 Å². The third kappa shape index (κ3) is 4.32. The van der Waals surface area contributed by atoms with E-state index in [1.807, 2.05) is 0 Å². The Bertz CT molecular complexity index is 47.7. The summed E-state index contributed by atoms with van der Waals surface area (Å²) in [5.41, 5.74) is 0. The number of halogens is 2. The van der Waals surface area contributed by atoms with Gasteiger partial charge in [-0.3, -0.25) is 0 Å². The van der Waals surface area contributed by atoms with Crippen molar-refractivity contribution in [2.75, 3.05) is 11.5 Å². The number of rotatable bonds is 2. The van der Waals surface area contributed by atoms with Gasteiger partial charge < -0.3 is 0 Å². The van der Waals surface area contributed by atoms with Crippen LogP contribution in [0.1, 0.15) is 13.8 Å². The molecule has 3 heteroatoms. The summed E-state index contributed by atoms with van der Waals surface area (Å²) in [6, 6.07) is 0. The maximum Gasteiger partial charge on any atom is -0.00864 e. The van der Waals surface area contributed by atoms with Crippen molar-refractivity contribution in [3.63, 3.8) is 0 Å². The van der Waals surface area contributed by atoms with Gasteiger partial charge in [0.05, 0.1) is 0 Å². The Hall–Kier alpha value is 1.81. The summed E-state index contributed by atoms with van der Waals surface area (Å²) in [5.74, 6) is 2.70. The second kappa shape index (κ2) is 3.76. The zero-order valence-corrected chi connectivity index (χ0v) is 9.71. The Kier molecular flexibility index (Phi) is 4.74. The van der Waals surface area contributed by atoms with Gasteiger partial charge >= 0.3 is 0 Å². The summed E-state index contributed by atoms with van der Waals surface area (Å²) >= 11 is 5.15. The third-order valence-electron chi connectivity index (χ3n) is 0.845. The van der Waals surface area contributed by atoms with Crippen LogP contribution in [-0.4, -0.2) is 11.5 Å². The highest BCUT2D eigenvalue weighted by Crippen LogP contribution is 2.63. The average Bonchev–Trinajstić information content (AvgIpc) is 1.68. The molecule has 0 nitrogen and oxygen atoms in total. The van der Waals surface area contributed by atoms with E-state index in [0.717, 1.165) is 0 Å². The fraction of sp³-hybridized carbons (Fsp3) is 1.00. The van der Waals surface area contributed by atoms with Crippen LogP contribution >= 0.6 is 46.8 Å². The summed E-state index contributed by atoms with van der Waals surface area (Å²) < 4.78 is -0.217. The molecule has 7 heavy (non-hydrogen) atoms. The average molecular weight is 344 g/mol. The summed E-state index contributed by atoms with van der Waals surface area (Å²) in [6.07, 6.45) is 0. The van der Waals surface area contributed by atoms with Crippen LogP contribution in [0.4, 0.5) is 0 Å². The largest absolute Gasteiger partial charge is 0.134 e. The van der Waals surface area contributed by atoms with Gasteiger partial charge in [-0.05, 0) is 53.9 Å². The van der Waals surface area contributed by atoms with E-state index in [9.17, 15) is 0 Å². The lowest BCUT2D eigenvalue weighted by Crippen LogP contribution is -1.84. The summed E-state index contributed by atoms with van der Waals surface area (Å²) in [4.78, 5) is 0. The zero-order valence-electron chi connectivity index (χ0n) is 4.58. The Labute approximate surface area is 71.3 Å². The molecule has 0 rings (SSSR count). The van der Waals surface area contributed by atoms with E-state index < -0.39 is 0 Å². The second-order valence-electron chi connectivity index (χ2n) is 1.28. The molecule has 0 aromatic heterocycles. The normalized spacial score (nSPS) is 14.3. The molecule has 0 unspecified atom stereocenters. The molecule has 0 atom stereocenters. The summed E-state index contributed by atoms with van der Waals surface area (Å²) in [5, 5.41) is 0. The number of hydrogen-bond acceptors (Lipinski definition) is 0. The van der Waals surface area contributed by atoms with Crippen molar-refractivity contribution < 1.29 is 0 Å². The molecule has 0 saturated carbocycles. The fourth-order valence-corrected chi connectivity index (χ4v) is 0.612. The van der Waals surface area contributed by atoms with Crippen LogP contribution in [0, 0.1) is 0 Å². The standard InChI is InChI=1S/C4H10I2S/c1-3-7(5,6)4-2/h3-4H2,1-2H3. The van der Waals surface area contributed by atoms with Crippen molar-refractivity contribution in [2.45, 2.75) is 13.8 Å². The van der Waals surface area contributed by atoms with Gasteiger partial charge in [0.15, 0.2) is 0 Å². The molecule has 0 aliphatic rings. The van der Waals surface area contributed by atoms with Crippen LogP contribution in [0.3, 0.4) is 0 Å². The maximum absolute atomic E-state index is 2.57. The number of hydrogen-bond donors (Lipinski definition) is 0. The highest BCUT2D eigenvalue weighted by atomic mass is 127. The lowest BCUT2D eigenvalue weighted by Gasteiger charge is -2.20. The first-order valence-electron chi connectivity index (χ1n) is 2.30. The van der Waals surface area contributed by atoms with Gasteiger partial charge in [-0.15, -0.1) is 4.37 Å². The lowest BCUT2D eigenvalue weighted by atomic mass is 11.0. The van der Waals surface area contributed by atoms with E-state index in [-0.39, 0.29) is 4.37 Å². The molecule has 0 N–H and O–H groups in total. The summed E-state index contributed by atoms with van der Waals surface area (Å²) in [6.45, 7) is 4.52. The molecule has 0 aromatic carbocycles. The SMILES string of the molecule is CCS(I)(I)CC. The lowest BCUT2D eigenvalue weighted by molar-refractivity contribution is 1.46. The summed E-state index contributed by atoms with van der Waals surface area (Å²) in [7, 11) is 0. The Balaban J connectivity index is 3.36. The van der Waals surface area contributed by atoms with Gasteiger partial charge in [0.2, 0.25) is 0 Å². The van der Waals surface area contributed by atoms with Gasteiger partial charge in [0, 0.05) is 0 Å². The van der Waals surface area contributed by atoms with E-state index in [2.05, 4.69) is 56.3 Å².